The highest BCUT2D eigenvalue weighted by atomic mass is 16.5. The number of benzene rings is 1. The van der Waals surface area contributed by atoms with Crippen molar-refractivity contribution in [3.05, 3.63) is 35.7 Å². The first-order chi connectivity index (χ1) is 12.4. The molecule has 138 valence electrons. The second-order valence-electron chi connectivity index (χ2n) is 5.36. The molecular weight excluding hydrogens is 338 g/mol. The van der Waals surface area contributed by atoms with E-state index < -0.39 is 5.97 Å². The molecule has 0 fully saturated rings. The van der Waals surface area contributed by atoms with Gasteiger partial charge in [0.25, 0.3) is 0 Å². The Morgan fingerprint density at radius 3 is 2.62 bits per heavy atom. The molecule has 26 heavy (non-hydrogen) atoms. The molecule has 0 atom stereocenters. The van der Waals surface area contributed by atoms with Crippen molar-refractivity contribution >= 4 is 23.9 Å². The molecule has 1 aromatic carbocycles. The van der Waals surface area contributed by atoms with Gasteiger partial charge in [-0.15, -0.1) is 0 Å². The molecule has 0 unspecified atom stereocenters. The fraction of sp³-hybridized carbons (Fsp3) is 0.294. The first-order valence-electron chi connectivity index (χ1n) is 7.67. The van der Waals surface area contributed by atoms with E-state index >= 15 is 0 Å². The van der Waals surface area contributed by atoms with E-state index in [0.29, 0.717) is 23.3 Å². The molecule has 2 rings (SSSR count). The highest BCUT2D eigenvalue weighted by molar-refractivity contribution is 5.87. The van der Waals surface area contributed by atoms with Gasteiger partial charge in [-0.25, -0.2) is 4.79 Å². The van der Waals surface area contributed by atoms with Crippen LogP contribution in [0.3, 0.4) is 0 Å². The summed E-state index contributed by atoms with van der Waals surface area (Å²) in [5.41, 5.74) is 6.46. The van der Waals surface area contributed by atoms with Crippen molar-refractivity contribution in [2.45, 2.75) is 6.61 Å². The van der Waals surface area contributed by atoms with Crippen LogP contribution in [0.5, 0.6) is 11.5 Å². The average Bonchev–Trinajstić information content (AvgIpc) is 2.64. The number of nitrogens with two attached hydrogens (primary N) is 1. The van der Waals surface area contributed by atoms with E-state index in [4.69, 9.17) is 15.2 Å². The summed E-state index contributed by atoms with van der Waals surface area (Å²) < 4.78 is 15.6. The van der Waals surface area contributed by atoms with Gasteiger partial charge in [0.2, 0.25) is 11.9 Å². The van der Waals surface area contributed by atoms with Crippen molar-refractivity contribution in [2.24, 2.45) is 0 Å². The quantitative estimate of drug-likeness (QED) is 0.577. The Morgan fingerprint density at radius 1 is 1.19 bits per heavy atom. The van der Waals surface area contributed by atoms with Gasteiger partial charge in [0.05, 0.1) is 14.2 Å². The molecule has 9 heteroatoms. The number of rotatable bonds is 7. The zero-order chi connectivity index (χ0) is 19.1. The minimum Gasteiger partial charge on any atom is -0.493 e. The predicted molar refractivity (Wildman–Crippen MR) is 96.9 cm³/mol. The largest absolute Gasteiger partial charge is 0.493 e. The lowest BCUT2D eigenvalue weighted by Crippen LogP contribution is -2.17. The molecule has 1 heterocycles. The molecule has 9 nitrogen and oxygen atoms in total. The van der Waals surface area contributed by atoms with Crippen LogP contribution in [0, 0.1) is 0 Å². The number of nitrogens with zero attached hydrogens (tertiary/aromatic N) is 4. The molecule has 0 aliphatic rings. The maximum Gasteiger partial charge on any atom is 0.330 e. The molecule has 0 saturated heterocycles. The van der Waals surface area contributed by atoms with Crippen molar-refractivity contribution in [2.75, 3.05) is 38.9 Å². The molecule has 0 amide bonds. The minimum absolute atomic E-state index is 0.0985. The summed E-state index contributed by atoms with van der Waals surface area (Å²) >= 11 is 0. The summed E-state index contributed by atoms with van der Waals surface area (Å²) in [5, 5.41) is 0. The maximum absolute atomic E-state index is 11.2. The van der Waals surface area contributed by atoms with E-state index in [1.165, 1.54) is 20.3 Å². The molecule has 2 aromatic rings. The Kier molecular flexibility index (Phi) is 6.31. The van der Waals surface area contributed by atoms with Crippen molar-refractivity contribution in [1.29, 1.82) is 0 Å². The Labute approximate surface area is 151 Å². The number of esters is 1. The van der Waals surface area contributed by atoms with Gasteiger partial charge in [-0.3, -0.25) is 0 Å². The van der Waals surface area contributed by atoms with E-state index in [-0.39, 0.29) is 12.6 Å². The zero-order valence-electron chi connectivity index (χ0n) is 15.1. The Balaban J connectivity index is 2.14. The van der Waals surface area contributed by atoms with Crippen LogP contribution >= 0.6 is 0 Å². The van der Waals surface area contributed by atoms with Gasteiger partial charge in [-0.1, -0.05) is 6.07 Å². The van der Waals surface area contributed by atoms with Gasteiger partial charge in [-0.2, -0.15) is 15.0 Å². The van der Waals surface area contributed by atoms with E-state index in [2.05, 4.69) is 19.7 Å². The Bertz CT molecular complexity index is 808. The third-order valence-electron chi connectivity index (χ3n) is 3.24. The first-order valence-corrected chi connectivity index (χ1v) is 7.67. The fourth-order valence-corrected chi connectivity index (χ4v) is 1.97. The van der Waals surface area contributed by atoms with Crippen LogP contribution in [0.15, 0.2) is 24.3 Å². The summed E-state index contributed by atoms with van der Waals surface area (Å²) in [6.07, 6.45) is 2.94. The van der Waals surface area contributed by atoms with Crippen LogP contribution in [0.4, 0.5) is 11.9 Å². The van der Waals surface area contributed by atoms with Gasteiger partial charge in [0.15, 0.2) is 17.3 Å². The summed E-state index contributed by atoms with van der Waals surface area (Å²) in [7, 11) is 6.47. The van der Waals surface area contributed by atoms with Crippen molar-refractivity contribution in [3.63, 3.8) is 0 Å². The van der Waals surface area contributed by atoms with E-state index in [1.807, 2.05) is 14.1 Å². The topological polar surface area (TPSA) is 113 Å². The van der Waals surface area contributed by atoms with Gasteiger partial charge < -0.3 is 24.8 Å². The Hall–Kier alpha value is -3.36. The molecule has 0 spiro atoms. The van der Waals surface area contributed by atoms with Crippen molar-refractivity contribution < 1.29 is 19.0 Å². The normalized spacial score (nSPS) is 10.6. The van der Waals surface area contributed by atoms with Crippen LogP contribution in [0.1, 0.15) is 11.4 Å². The van der Waals surface area contributed by atoms with E-state index in [9.17, 15) is 4.79 Å². The predicted octanol–water partition coefficient (Wildman–Crippen LogP) is 1.29. The second kappa shape index (κ2) is 8.65. The number of carbonyl (C=O) groups excluding carboxylic acids is 1. The second-order valence-corrected chi connectivity index (χ2v) is 5.36. The highest BCUT2D eigenvalue weighted by Crippen LogP contribution is 2.29. The molecule has 0 saturated carbocycles. The van der Waals surface area contributed by atoms with Gasteiger partial charge in [0, 0.05) is 20.2 Å². The van der Waals surface area contributed by atoms with Gasteiger partial charge >= 0.3 is 5.97 Å². The molecule has 0 aliphatic carbocycles. The number of methoxy groups -OCH3 is 2. The minimum atomic E-state index is -0.437. The third-order valence-corrected chi connectivity index (χ3v) is 3.24. The van der Waals surface area contributed by atoms with Crippen LogP contribution in [-0.2, 0) is 16.1 Å². The Morgan fingerprint density at radius 2 is 1.96 bits per heavy atom. The lowest BCUT2D eigenvalue weighted by atomic mass is 10.2. The SMILES string of the molecule is COC(=O)/C=C\c1ccc(OCc2nc(N)nc(N(C)C)n2)c(OC)c1. The number of hydrogen-bond acceptors (Lipinski definition) is 9. The monoisotopic (exact) mass is 359 g/mol. The van der Waals surface area contributed by atoms with Crippen LogP contribution < -0.4 is 20.1 Å². The van der Waals surface area contributed by atoms with E-state index in [1.54, 1.807) is 29.2 Å². The molecule has 0 radical (unpaired) electrons. The number of hydrogen-bond donors (Lipinski definition) is 1. The van der Waals surface area contributed by atoms with Crippen LogP contribution in [-0.4, -0.2) is 49.2 Å². The van der Waals surface area contributed by atoms with Crippen LogP contribution in [0.2, 0.25) is 0 Å². The van der Waals surface area contributed by atoms with Gasteiger partial charge in [0.1, 0.15) is 6.61 Å². The van der Waals surface area contributed by atoms with Crippen molar-refractivity contribution in [1.82, 2.24) is 15.0 Å². The number of aromatic nitrogens is 3. The number of carbonyl (C=O) groups is 1. The molecule has 2 N–H and O–H groups in total. The third kappa shape index (κ3) is 5.07. The molecule has 0 bridgehead atoms. The molecule has 0 aliphatic heterocycles. The van der Waals surface area contributed by atoms with E-state index in [0.717, 1.165) is 5.56 Å². The lowest BCUT2D eigenvalue weighted by molar-refractivity contribution is -0.134. The molecule has 1 aromatic heterocycles. The van der Waals surface area contributed by atoms with Crippen molar-refractivity contribution in [3.8, 4) is 11.5 Å². The average molecular weight is 359 g/mol. The zero-order valence-corrected chi connectivity index (χ0v) is 15.1. The first kappa shape index (κ1) is 19.0. The summed E-state index contributed by atoms with van der Waals surface area (Å²) in [4.78, 5) is 25.3. The maximum atomic E-state index is 11.2. The van der Waals surface area contributed by atoms with Crippen LogP contribution in [0.25, 0.3) is 6.08 Å². The standard InChI is InChI=1S/C17H21N5O4/c1-22(2)17-20-14(19-16(18)21-17)10-26-12-7-5-11(9-13(12)24-3)6-8-15(23)25-4/h5-9H,10H2,1-4H3,(H2,18,19,20,21)/b8-6-. The number of anilines is 2. The summed E-state index contributed by atoms with van der Waals surface area (Å²) in [6.45, 7) is 0.0985. The molecular formula is C17H21N5O4. The summed E-state index contributed by atoms with van der Waals surface area (Å²) in [6, 6.07) is 5.25. The van der Waals surface area contributed by atoms with Gasteiger partial charge in [-0.05, 0) is 23.8 Å². The highest BCUT2D eigenvalue weighted by Gasteiger charge is 2.10. The smallest absolute Gasteiger partial charge is 0.330 e. The number of ether oxygens (including phenoxy) is 3. The number of nitrogen functional groups attached to an aromatic ring is 1. The summed E-state index contributed by atoms with van der Waals surface area (Å²) in [5.74, 6) is 1.55. The lowest BCUT2D eigenvalue weighted by Gasteiger charge is -2.13. The fourth-order valence-electron chi connectivity index (χ4n) is 1.97.